The zero-order chi connectivity index (χ0) is 12.6. The lowest BCUT2D eigenvalue weighted by Crippen LogP contribution is -2.53. The van der Waals surface area contributed by atoms with Crippen LogP contribution in [0.2, 0.25) is 0 Å². The quantitative estimate of drug-likeness (QED) is 0.225. The maximum Gasteiger partial charge on any atom is 0.330 e. The number of carbonyl (C=O) groups excluding carboxylic acids is 1. The van der Waals surface area contributed by atoms with Gasteiger partial charge in [-0.15, -0.1) is 0 Å². The zero-order valence-corrected chi connectivity index (χ0v) is 9.87. The molecule has 0 aromatic heterocycles. The molecule has 0 rings (SSSR count). The van der Waals surface area contributed by atoms with E-state index in [0.29, 0.717) is 6.61 Å². The molecule has 0 amide bonds. The second-order valence-electron chi connectivity index (χ2n) is 3.22. The molecule has 0 heterocycles. The Morgan fingerprint density at radius 2 is 1.81 bits per heavy atom. The predicted octanol–water partition coefficient (Wildman–Crippen LogP) is 1.41. The Balaban J connectivity index is 0. The van der Waals surface area contributed by atoms with Crippen LogP contribution in [0.5, 0.6) is 0 Å². The lowest BCUT2D eigenvalue weighted by molar-refractivity contribution is -0.398. The summed E-state index contributed by atoms with van der Waals surface area (Å²) in [6.45, 7) is 6.06. The molecule has 0 saturated heterocycles. The average molecular weight is 231 g/mol. The third kappa shape index (κ3) is 18.4. The van der Waals surface area contributed by atoms with Gasteiger partial charge in [0, 0.05) is 11.4 Å². The first-order valence-corrected chi connectivity index (χ1v) is 5.51. The monoisotopic (exact) mass is 231 g/mol. The van der Waals surface area contributed by atoms with E-state index in [-0.39, 0.29) is 11.3 Å². The third-order valence-corrected chi connectivity index (χ3v) is 1.91. The van der Waals surface area contributed by atoms with Crippen molar-refractivity contribution in [2.45, 2.75) is 45.4 Å². The van der Waals surface area contributed by atoms with Gasteiger partial charge in [0.05, 0.1) is 6.61 Å². The van der Waals surface area contributed by atoms with Crippen molar-refractivity contribution in [1.82, 2.24) is 0 Å². The topological polar surface area (TPSA) is 80.4 Å². The van der Waals surface area contributed by atoms with E-state index in [4.69, 9.17) is 14.9 Å². The van der Waals surface area contributed by atoms with E-state index in [0.717, 1.165) is 12.8 Å². The van der Waals surface area contributed by atoms with Crippen LogP contribution in [0.3, 0.4) is 0 Å². The van der Waals surface area contributed by atoms with Crippen LogP contribution in [-0.4, -0.2) is 12.6 Å². The Labute approximate surface area is 96.4 Å². The normalized spacial score (nSPS) is 8.56. The number of carbonyl (C=O) groups is 1. The molecule has 0 aliphatic rings. The van der Waals surface area contributed by atoms with Gasteiger partial charge in [-0.2, -0.15) is 0 Å². The third-order valence-electron chi connectivity index (χ3n) is 1.91. The molecular formula is C11H21NO4. The lowest BCUT2D eigenvalue weighted by atomic mass is 10.1. The summed E-state index contributed by atoms with van der Waals surface area (Å²) in [6.07, 6.45) is 8.47. The molecule has 0 bridgehead atoms. The van der Waals surface area contributed by atoms with Gasteiger partial charge in [0.15, 0.2) is 0 Å². The summed E-state index contributed by atoms with van der Waals surface area (Å²) < 4.78 is 4.84. The molecule has 0 atom stereocenters. The Morgan fingerprint density at radius 1 is 1.31 bits per heavy atom. The molecule has 0 aromatic rings. The van der Waals surface area contributed by atoms with Crippen molar-refractivity contribution >= 4 is 5.97 Å². The fourth-order valence-corrected chi connectivity index (χ4v) is 1.11. The number of esters is 1. The summed E-state index contributed by atoms with van der Waals surface area (Å²) in [4.78, 5) is 18.7. The van der Waals surface area contributed by atoms with Gasteiger partial charge in [0.25, 0.3) is 0 Å². The summed E-state index contributed by atoms with van der Waals surface area (Å²) in [5.74, 6) is -0.312. The fourth-order valence-electron chi connectivity index (χ4n) is 1.11. The molecule has 0 aromatic carbocycles. The summed E-state index contributed by atoms with van der Waals surface area (Å²) in [5.41, 5.74) is 0. The number of unbranched alkanes of at least 4 members (excludes halogenated alkanes) is 5. The van der Waals surface area contributed by atoms with Crippen LogP contribution in [0.4, 0.5) is 0 Å². The minimum Gasteiger partial charge on any atom is -0.463 e. The van der Waals surface area contributed by atoms with Gasteiger partial charge in [0.1, 0.15) is 0 Å². The Hall–Kier alpha value is -1.39. The number of ether oxygens (including phenoxy) is 1. The highest BCUT2D eigenvalue weighted by Crippen LogP contribution is 2.04. The largest absolute Gasteiger partial charge is 0.463 e. The van der Waals surface area contributed by atoms with Gasteiger partial charge in [-0.3, -0.25) is 10.1 Å². The molecule has 0 spiro atoms. The van der Waals surface area contributed by atoms with E-state index in [1.54, 1.807) is 0 Å². The molecule has 0 unspecified atom stereocenters. The highest BCUT2D eigenvalue weighted by Gasteiger charge is 1.94. The van der Waals surface area contributed by atoms with Crippen LogP contribution in [0.25, 0.3) is 0 Å². The summed E-state index contributed by atoms with van der Waals surface area (Å²) in [6, 6.07) is 0. The Kier molecular flexibility index (Phi) is 17.1. The SMILES string of the molecule is C=CC(=O)OCCCCCCCC.O=[NH+][O-]. The molecule has 0 aliphatic heterocycles. The first-order chi connectivity index (χ1) is 7.72. The summed E-state index contributed by atoms with van der Waals surface area (Å²) in [5, 5.41) is 8.38. The van der Waals surface area contributed by atoms with Gasteiger partial charge in [0.2, 0.25) is 0 Å². The van der Waals surface area contributed by atoms with Crippen LogP contribution in [-0.2, 0) is 9.53 Å². The van der Waals surface area contributed by atoms with E-state index in [1.807, 2.05) is 0 Å². The van der Waals surface area contributed by atoms with Gasteiger partial charge in [-0.25, -0.2) is 4.79 Å². The molecule has 0 aliphatic carbocycles. The van der Waals surface area contributed by atoms with Crippen LogP contribution >= 0.6 is 0 Å². The van der Waals surface area contributed by atoms with E-state index >= 15 is 0 Å². The van der Waals surface area contributed by atoms with Gasteiger partial charge >= 0.3 is 5.97 Å². The van der Waals surface area contributed by atoms with E-state index in [1.165, 1.54) is 31.8 Å². The van der Waals surface area contributed by atoms with E-state index in [2.05, 4.69) is 13.5 Å². The van der Waals surface area contributed by atoms with Gasteiger partial charge < -0.3 is 4.74 Å². The van der Waals surface area contributed by atoms with Crippen LogP contribution < -0.4 is 5.34 Å². The van der Waals surface area contributed by atoms with Gasteiger partial charge in [-0.05, 0) is 6.42 Å². The molecule has 1 N–H and O–H groups in total. The molecule has 16 heavy (non-hydrogen) atoms. The molecule has 94 valence electrons. The molecule has 5 heteroatoms. The maximum atomic E-state index is 10.6. The van der Waals surface area contributed by atoms with Crippen molar-refractivity contribution in [2.75, 3.05) is 6.61 Å². The Bertz CT molecular complexity index is 183. The number of rotatable bonds is 8. The molecule has 0 radical (unpaired) electrons. The number of nitrogens with one attached hydrogen (secondary N) is 1. The van der Waals surface area contributed by atoms with Crippen LogP contribution in [0.15, 0.2) is 12.7 Å². The fraction of sp³-hybridized carbons (Fsp3) is 0.727. The summed E-state index contributed by atoms with van der Waals surface area (Å²) in [7, 11) is 0. The molecule has 0 saturated carbocycles. The maximum absolute atomic E-state index is 10.6. The molecule has 0 fully saturated rings. The van der Waals surface area contributed by atoms with Crippen molar-refractivity contribution in [3.05, 3.63) is 22.8 Å². The van der Waals surface area contributed by atoms with Crippen molar-refractivity contribution in [2.24, 2.45) is 0 Å². The van der Waals surface area contributed by atoms with E-state index < -0.39 is 0 Å². The first kappa shape index (κ1) is 17.0. The highest BCUT2D eigenvalue weighted by molar-refractivity contribution is 5.81. The van der Waals surface area contributed by atoms with Crippen molar-refractivity contribution in [1.29, 1.82) is 0 Å². The second kappa shape index (κ2) is 16.1. The first-order valence-electron chi connectivity index (χ1n) is 5.51. The van der Waals surface area contributed by atoms with Gasteiger partial charge in [-0.1, -0.05) is 45.6 Å². The minimum atomic E-state index is -0.312. The zero-order valence-electron chi connectivity index (χ0n) is 9.87. The molecular weight excluding hydrogens is 210 g/mol. The van der Waals surface area contributed by atoms with Crippen molar-refractivity contribution in [3.8, 4) is 0 Å². The van der Waals surface area contributed by atoms with Crippen molar-refractivity contribution < 1.29 is 14.9 Å². The van der Waals surface area contributed by atoms with Crippen LogP contribution in [0.1, 0.15) is 45.4 Å². The number of hydrogen-bond acceptors (Lipinski definition) is 4. The highest BCUT2D eigenvalue weighted by atomic mass is 16.6. The van der Waals surface area contributed by atoms with Crippen LogP contribution in [0, 0.1) is 10.1 Å². The smallest absolute Gasteiger partial charge is 0.330 e. The summed E-state index contributed by atoms with van der Waals surface area (Å²) >= 11 is 0. The van der Waals surface area contributed by atoms with Crippen molar-refractivity contribution in [3.63, 3.8) is 0 Å². The molecule has 5 nitrogen and oxygen atoms in total. The lowest BCUT2D eigenvalue weighted by Gasteiger charge is -2.01. The second-order valence-corrected chi connectivity index (χ2v) is 3.22. The van der Waals surface area contributed by atoms with E-state index in [9.17, 15) is 4.79 Å². The average Bonchev–Trinajstić information content (AvgIpc) is 2.28. The predicted molar refractivity (Wildman–Crippen MR) is 62.2 cm³/mol. The standard InChI is InChI=1S/C11H20O2.HNO2/c1-3-5-6-7-8-9-10-13-11(12)4-2;2-1-3/h4H,2-3,5-10H2,1H3;1H. The minimum absolute atomic E-state index is 0.250. The Morgan fingerprint density at radius 3 is 2.31 bits per heavy atom. The number of hydrogen-bond donors (Lipinski definition) is 1.